The van der Waals surface area contributed by atoms with E-state index in [-0.39, 0.29) is 23.6 Å². The number of anilines is 1. The van der Waals surface area contributed by atoms with Crippen LogP contribution in [-0.2, 0) is 12.8 Å². The van der Waals surface area contributed by atoms with E-state index in [9.17, 15) is 9.59 Å². The first-order valence-corrected chi connectivity index (χ1v) is 13.3. The van der Waals surface area contributed by atoms with Gasteiger partial charge in [-0.25, -0.2) is 4.98 Å². The molecule has 0 aliphatic heterocycles. The topological polar surface area (TPSA) is 123 Å². The summed E-state index contributed by atoms with van der Waals surface area (Å²) in [5.74, 6) is 0.141. The van der Waals surface area contributed by atoms with Gasteiger partial charge in [-0.3, -0.25) is 9.59 Å². The first kappa shape index (κ1) is 25.1. The Kier molecular flexibility index (Phi) is 6.83. The van der Waals surface area contributed by atoms with E-state index in [2.05, 4.69) is 42.6 Å². The van der Waals surface area contributed by atoms with Crippen molar-refractivity contribution in [3.8, 4) is 0 Å². The molecule has 3 aromatic heterocycles. The van der Waals surface area contributed by atoms with Crippen LogP contribution in [0, 0.1) is 11.3 Å². The number of aromatic nitrogens is 2. The number of thiophene rings is 1. The molecule has 5 rings (SSSR count). The van der Waals surface area contributed by atoms with Crippen molar-refractivity contribution in [1.29, 1.82) is 0 Å². The third kappa shape index (κ3) is 5.42. The largest absolute Gasteiger partial charge is 0.351 e. The van der Waals surface area contributed by atoms with Crippen LogP contribution in [0.4, 0.5) is 5.69 Å². The van der Waals surface area contributed by atoms with Crippen molar-refractivity contribution in [2.24, 2.45) is 17.1 Å². The highest BCUT2D eigenvalue weighted by molar-refractivity contribution is 7.20. The van der Waals surface area contributed by atoms with Gasteiger partial charge in [0.2, 0.25) is 5.76 Å². The molecule has 1 aliphatic rings. The van der Waals surface area contributed by atoms with Crippen molar-refractivity contribution in [2.45, 2.75) is 46.1 Å². The molecule has 4 N–H and O–H groups in total. The maximum Gasteiger partial charge on any atom is 0.294 e. The van der Waals surface area contributed by atoms with Crippen molar-refractivity contribution in [1.82, 2.24) is 15.5 Å². The summed E-state index contributed by atoms with van der Waals surface area (Å²) in [6, 6.07) is 12.4. The van der Waals surface area contributed by atoms with E-state index in [1.807, 2.05) is 12.1 Å². The van der Waals surface area contributed by atoms with Gasteiger partial charge in [0, 0.05) is 29.4 Å². The molecule has 8 nitrogen and oxygen atoms in total. The van der Waals surface area contributed by atoms with Crippen LogP contribution in [0.2, 0.25) is 0 Å². The second-order valence-corrected chi connectivity index (χ2v) is 11.7. The van der Waals surface area contributed by atoms with Gasteiger partial charge in [0.25, 0.3) is 11.8 Å². The van der Waals surface area contributed by atoms with Crippen LogP contribution in [0.25, 0.3) is 10.2 Å². The predicted octanol–water partition coefficient (Wildman–Crippen LogP) is 5.12. The number of nitrogens with one attached hydrogen (secondary N) is 2. The predicted molar refractivity (Wildman–Crippen MR) is 145 cm³/mol. The van der Waals surface area contributed by atoms with E-state index in [1.54, 1.807) is 18.2 Å². The molecule has 0 saturated carbocycles. The van der Waals surface area contributed by atoms with Crippen molar-refractivity contribution in [2.75, 3.05) is 11.9 Å². The van der Waals surface area contributed by atoms with Crippen LogP contribution in [0.1, 0.15) is 70.3 Å². The monoisotopic (exact) mass is 517 g/mol. The lowest BCUT2D eigenvalue weighted by Crippen LogP contribution is -2.33. The standard InChI is InChI=1S/C28H31N5O3S/c1-28(2,3)19-7-8-21-17(12-19)11-18-14-24(37-27(18)33-21)26(35)32-22(15-29)16-5-4-6-20(13-16)31-25(34)23-9-10-30-36-23/h4-6,9-11,13-14,19,22H,7-8,12,15,29H2,1-3H3,(H,31,34)(H,32,35)/t19-,22-/m1/s1. The Labute approximate surface area is 219 Å². The lowest BCUT2D eigenvalue weighted by Gasteiger charge is -2.34. The summed E-state index contributed by atoms with van der Waals surface area (Å²) >= 11 is 1.40. The number of carbonyl (C=O) groups is 2. The fourth-order valence-electron chi connectivity index (χ4n) is 4.84. The van der Waals surface area contributed by atoms with Gasteiger partial charge in [0.15, 0.2) is 0 Å². The first-order valence-electron chi connectivity index (χ1n) is 12.5. The van der Waals surface area contributed by atoms with E-state index in [1.165, 1.54) is 29.2 Å². The van der Waals surface area contributed by atoms with E-state index in [0.717, 1.165) is 40.7 Å². The molecule has 0 unspecified atom stereocenters. The van der Waals surface area contributed by atoms with Crippen molar-refractivity contribution >= 4 is 39.1 Å². The van der Waals surface area contributed by atoms with Crippen molar-refractivity contribution in [3.63, 3.8) is 0 Å². The summed E-state index contributed by atoms with van der Waals surface area (Å²) in [5, 5.41) is 10.4. The molecule has 0 bridgehead atoms. The smallest absolute Gasteiger partial charge is 0.294 e. The van der Waals surface area contributed by atoms with Gasteiger partial charge >= 0.3 is 0 Å². The normalized spacial score (nSPS) is 16.3. The Morgan fingerprint density at radius 2 is 2.03 bits per heavy atom. The molecule has 0 saturated heterocycles. The summed E-state index contributed by atoms with van der Waals surface area (Å²) in [4.78, 5) is 31.9. The Balaban J connectivity index is 1.31. The minimum atomic E-state index is -0.423. The molecule has 2 amide bonds. The number of rotatable bonds is 6. The van der Waals surface area contributed by atoms with Gasteiger partial charge in [-0.05, 0) is 66.0 Å². The molecule has 0 radical (unpaired) electrons. The fourth-order valence-corrected chi connectivity index (χ4v) is 5.78. The third-order valence-corrected chi connectivity index (χ3v) is 8.11. The molecule has 37 heavy (non-hydrogen) atoms. The molecule has 3 heterocycles. The summed E-state index contributed by atoms with van der Waals surface area (Å²) in [5.41, 5.74) is 10.1. The van der Waals surface area contributed by atoms with Crippen molar-refractivity contribution in [3.05, 3.63) is 76.1 Å². The number of nitrogens with zero attached hydrogens (tertiary/aromatic N) is 2. The quantitative estimate of drug-likeness (QED) is 0.326. The zero-order valence-corrected chi connectivity index (χ0v) is 22.0. The maximum atomic E-state index is 13.2. The number of nitrogens with two attached hydrogens (primary N) is 1. The molecule has 192 valence electrons. The van der Waals surface area contributed by atoms with Gasteiger partial charge in [-0.2, -0.15) is 0 Å². The average Bonchev–Trinajstić information content (AvgIpc) is 3.55. The maximum absolute atomic E-state index is 13.2. The minimum absolute atomic E-state index is 0.114. The number of benzene rings is 1. The van der Waals surface area contributed by atoms with E-state index < -0.39 is 11.9 Å². The number of pyridine rings is 1. The lowest BCUT2D eigenvalue weighted by atomic mass is 9.71. The van der Waals surface area contributed by atoms with Crippen LogP contribution < -0.4 is 16.4 Å². The minimum Gasteiger partial charge on any atom is -0.351 e. The second kappa shape index (κ2) is 10.1. The Morgan fingerprint density at radius 1 is 1.19 bits per heavy atom. The van der Waals surface area contributed by atoms with Crippen LogP contribution >= 0.6 is 11.3 Å². The molecular formula is C28H31N5O3S. The molecule has 2 atom stereocenters. The molecule has 9 heteroatoms. The number of carbonyl (C=O) groups excluding carboxylic acids is 2. The fraction of sp³-hybridized carbons (Fsp3) is 0.357. The average molecular weight is 518 g/mol. The van der Waals surface area contributed by atoms with Gasteiger partial charge in [-0.15, -0.1) is 11.3 Å². The zero-order chi connectivity index (χ0) is 26.2. The van der Waals surface area contributed by atoms with Crippen LogP contribution in [0.15, 0.2) is 53.2 Å². The highest BCUT2D eigenvalue weighted by Crippen LogP contribution is 2.38. The third-order valence-electron chi connectivity index (χ3n) is 7.07. The van der Waals surface area contributed by atoms with Gasteiger partial charge in [0.1, 0.15) is 4.83 Å². The summed E-state index contributed by atoms with van der Waals surface area (Å²) < 4.78 is 4.90. The Bertz CT molecular complexity index is 1440. The van der Waals surface area contributed by atoms with Gasteiger partial charge < -0.3 is 20.9 Å². The highest BCUT2D eigenvalue weighted by Gasteiger charge is 2.30. The van der Waals surface area contributed by atoms with Crippen LogP contribution in [-0.4, -0.2) is 28.5 Å². The second-order valence-electron chi connectivity index (χ2n) is 10.6. The highest BCUT2D eigenvalue weighted by atomic mass is 32.1. The molecule has 0 spiro atoms. The van der Waals surface area contributed by atoms with Gasteiger partial charge in [0.05, 0.1) is 17.1 Å². The van der Waals surface area contributed by atoms with Crippen molar-refractivity contribution < 1.29 is 14.1 Å². The van der Waals surface area contributed by atoms with Gasteiger partial charge in [-0.1, -0.05) is 38.1 Å². The lowest BCUT2D eigenvalue weighted by molar-refractivity contribution is 0.0940. The Morgan fingerprint density at radius 3 is 2.76 bits per heavy atom. The van der Waals surface area contributed by atoms with E-state index in [0.29, 0.717) is 16.5 Å². The molecule has 1 aliphatic carbocycles. The molecule has 1 aromatic carbocycles. The van der Waals surface area contributed by atoms with E-state index in [4.69, 9.17) is 15.2 Å². The number of amides is 2. The number of aryl methyl sites for hydroxylation is 1. The first-order chi connectivity index (χ1) is 17.7. The molecular weight excluding hydrogens is 486 g/mol. The van der Waals surface area contributed by atoms with E-state index >= 15 is 0 Å². The molecule has 4 aromatic rings. The number of fused-ring (bicyclic) bond motifs is 2. The van der Waals surface area contributed by atoms with Crippen LogP contribution in [0.3, 0.4) is 0 Å². The Hall–Kier alpha value is -3.56. The number of hydrogen-bond acceptors (Lipinski definition) is 7. The summed E-state index contributed by atoms with van der Waals surface area (Å²) in [6.07, 6.45) is 4.55. The summed E-state index contributed by atoms with van der Waals surface area (Å²) in [6.45, 7) is 7.11. The SMILES string of the molecule is CC(C)(C)[C@@H]1CCc2nc3sc(C(=O)N[C@H](CN)c4cccc(NC(=O)c5ccno5)c4)cc3cc2C1. The zero-order valence-electron chi connectivity index (χ0n) is 21.2. The number of hydrogen-bond donors (Lipinski definition) is 3. The molecule has 0 fully saturated rings. The summed E-state index contributed by atoms with van der Waals surface area (Å²) in [7, 11) is 0. The van der Waals surface area contributed by atoms with Crippen LogP contribution in [0.5, 0.6) is 0 Å².